The molecule has 3 rings (SSSR count). The summed E-state index contributed by atoms with van der Waals surface area (Å²) in [6, 6.07) is 12.8. The third kappa shape index (κ3) is 3.30. The fourth-order valence-electron chi connectivity index (χ4n) is 2.31. The number of aromatic carboxylic acids is 1. The maximum Gasteiger partial charge on any atom is 0.356 e. The first-order valence-corrected chi connectivity index (χ1v) is 10.1. The molecule has 2 aromatic carbocycles. The van der Waals surface area contributed by atoms with Crippen molar-refractivity contribution in [2.24, 2.45) is 0 Å². The Balaban J connectivity index is 1.99. The van der Waals surface area contributed by atoms with Gasteiger partial charge in [-0.25, -0.2) is 4.79 Å². The van der Waals surface area contributed by atoms with Crippen LogP contribution in [0.2, 0.25) is 0 Å². The summed E-state index contributed by atoms with van der Waals surface area (Å²) in [6.45, 7) is 0.889. The molecule has 0 aliphatic heterocycles. The fourth-order valence-corrected chi connectivity index (χ4v) is 4.44. The van der Waals surface area contributed by atoms with Gasteiger partial charge >= 0.3 is 19.0 Å². The average Bonchev–Trinajstić information content (AvgIpc) is 2.98. The van der Waals surface area contributed by atoms with Crippen molar-refractivity contribution >= 4 is 34.8 Å². The standard InChI is InChI=1S/C17H13F2O4PS/c1-24(22,23-13-5-3-2-4-6-13)17(18,19)12-7-8-14-11(9-12)10-15(25-14)16(20)21/h2-10H,1H3,(H,20,21). The van der Waals surface area contributed by atoms with E-state index in [9.17, 15) is 18.1 Å². The minimum absolute atomic E-state index is 0.0516. The van der Waals surface area contributed by atoms with Crippen LogP contribution >= 0.6 is 18.7 Å². The summed E-state index contributed by atoms with van der Waals surface area (Å²) in [5, 5.41) is 9.37. The molecule has 0 spiro atoms. The molecule has 0 radical (unpaired) electrons. The first kappa shape index (κ1) is 17.6. The number of carboxylic acid groups (broad SMARTS) is 1. The Morgan fingerprint density at radius 2 is 1.84 bits per heavy atom. The fraction of sp³-hybridized carbons (Fsp3) is 0.118. The molecular weight excluding hydrogens is 369 g/mol. The van der Waals surface area contributed by atoms with Gasteiger partial charge in [0.05, 0.1) is 0 Å². The van der Waals surface area contributed by atoms with Crippen LogP contribution in [0.3, 0.4) is 0 Å². The van der Waals surface area contributed by atoms with Crippen LogP contribution in [0.25, 0.3) is 10.1 Å². The molecule has 130 valence electrons. The van der Waals surface area contributed by atoms with Crippen molar-refractivity contribution < 1.29 is 27.8 Å². The van der Waals surface area contributed by atoms with Crippen molar-refractivity contribution in [3.05, 3.63) is 65.0 Å². The van der Waals surface area contributed by atoms with Crippen LogP contribution in [0.4, 0.5) is 8.78 Å². The molecule has 4 nitrogen and oxygen atoms in total. The predicted octanol–water partition coefficient (Wildman–Crippen LogP) is 5.64. The molecule has 1 heterocycles. The van der Waals surface area contributed by atoms with E-state index in [-0.39, 0.29) is 10.6 Å². The number of alkyl halides is 2. The van der Waals surface area contributed by atoms with Crippen LogP contribution in [0.15, 0.2) is 54.6 Å². The van der Waals surface area contributed by atoms with Crippen LogP contribution in [-0.4, -0.2) is 17.7 Å². The van der Waals surface area contributed by atoms with Gasteiger partial charge < -0.3 is 9.63 Å². The van der Waals surface area contributed by atoms with Crippen LogP contribution in [-0.2, 0) is 10.2 Å². The molecule has 1 unspecified atom stereocenters. The first-order chi connectivity index (χ1) is 11.7. The van der Waals surface area contributed by atoms with E-state index in [0.717, 1.165) is 30.1 Å². The normalized spacial score (nSPS) is 14.2. The number of para-hydroxylation sites is 1. The molecule has 8 heteroatoms. The molecule has 1 aromatic heterocycles. The predicted molar refractivity (Wildman–Crippen MR) is 93.3 cm³/mol. The highest BCUT2D eigenvalue weighted by Crippen LogP contribution is 2.63. The quantitative estimate of drug-likeness (QED) is 0.581. The summed E-state index contributed by atoms with van der Waals surface area (Å²) < 4.78 is 47.9. The molecule has 0 amide bonds. The maximum atomic E-state index is 14.8. The van der Waals surface area contributed by atoms with Gasteiger partial charge in [-0.2, -0.15) is 8.78 Å². The first-order valence-electron chi connectivity index (χ1n) is 7.18. The second kappa shape index (κ2) is 6.24. The second-order valence-electron chi connectivity index (χ2n) is 5.46. The molecular formula is C17H13F2O4PS. The summed E-state index contributed by atoms with van der Waals surface area (Å²) in [6.07, 6.45) is 0. The Kier molecular flexibility index (Phi) is 4.39. The summed E-state index contributed by atoms with van der Waals surface area (Å²) in [4.78, 5) is 11.1. The number of benzene rings is 2. The monoisotopic (exact) mass is 382 g/mol. The molecule has 3 aromatic rings. The van der Waals surface area contributed by atoms with E-state index in [0.29, 0.717) is 10.1 Å². The Hall–Kier alpha value is -2.24. The number of rotatable bonds is 5. The third-order valence-electron chi connectivity index (χ3n) is 3.61. The van der Waals surface area contributed by atoms with E-state index in [2.05, 4.69) is 0 Å². The SMILES string of the molecule is CP(=O)(Oc1ccccc1)C(F)(F)c1ccc2sc(C(=O)O)cc2c1. The lowest BCUT2D eigenvalue weighted by molar-refractivity contribution is 0.0702. The van der Waals surface area contributed by atoms with Crippen molar-refractivity contribution in [3.8, 4) is 5.75 Å². The molecule has 0 saturated heterocycles. The topological polar surface area (TPSA) is 63.6 Å². The van der Waals surface area contributed by atoms with E-state index in [1.165, 1.54) is 24.3 Å². The number of thiophene rings is 1. The minimum Gasteiger partial charge on any atom is -0.477 e. The van der Waals surface area contributed by atoms with Crippen LogP contribution < -0.4 is 4.52 Å². The van der Waals surface area contributed by atoms with Crippen molar-refractivity contribution in [2.75, 3.05) is 6.66 Å². The van der Waals surface area contributed by atoms with Crippen molar-refractivity contribution in [2.45, 2.75) is 5.66 Å². The maximum absolute atomic E-state index is 14.8. The molecule has 1 atom stereocenters. The van der Waals surface area contributed by atoms with Gasteiger partial charge in [0.25, 0.3) is 0 Å². The minimum atomic E-state index is -4.38. The summed E-state index contributed by atoms with van der Waals surface area (Å²) >= 11 is 0.990. The Labute approximate surface area is 146 Å². The van der Waals surface area contributed by atoms with Crippen LogP contribution in [0, 0.1) is 0 Å². The highest BCUT2D eigenvalue weighted by atomic mass is 32.1. The highest BCUT2D eigenvalue weighted by Gasteiger charge is 2.50. The van der Waals surface area contributed by atoms with Gasteiger partial charge in [-0.3, -0.25) is 4.57 Å². The van der Waals surface area contributed by atoms with E-state index in [1.807, 2.05) is 0 Å². The zero-order valence-corrected chi connectivity index (χ0v) is 14.7. The Morgan fingerprint density at radius 3 is 2.48 bits per heavy atom. The number of carbonyl (C=O) groups is 1. The van der Waals surface area contributed by atoms with Gasteiger partial charge in [0.15, 0.2) is 0 Å². The largest absolute Gasteiger partial charge is 0.477 e. The lowest BCUT2D eigenvalue weighted by atomic mass is 10.1. The van der Waals surface area contributed by atoms with Crippen LogP contribution in [0.5, 0.6) is 5.75 Å². The lowest BCUT2D eigenvalue weighted by Crippen LogP contribution is -2.17. The van der Waals surface area contributed by atoms with E-state index < -0.39 is 24.6 Å². The number of hydrogen-bond acceptors (Lipinski definition) is 4. The smallest absolute Gasteiger partial charge is 0.356 e. The number of carboxylic acids is 1. The molecule has 0 saturated carbocycles. The Bertz CT molecular complexity index is 985. The van der Waals surface area contributed by atoms with Gasteiger partial charge in [-0.1, -0.05) is 24.3 Å². The summed E-state index contributed by atoms with van der Waals surface area (Å²) in [5.41, 5.74) is -4.20. The summed E-state index contributed by atoms with van der Waals surface area (Å²) in [5.74, 6) is -1.03. The highest BCUT2D eigenvalue weighted by molar-refractivity contribution is 7.59. The average molecular weight is 382 g/mol. The van der Waals surface area contributed by atoms with Crippen molar-refractivity contribution in [1.29, 1.82) is 0 Å². The summed E-state index contributed by atoms with van der Waals surface area (Å²) in [7, 11) is -4.38. The van der Waals surface area contributed by atoms with Crippen molar-refractivity contribution in [3.63, 3.8) is 0 Å². The van der Waals surface area contributed by atoms with Crippen molar-refractivity contribution in [1.82, 2.24) is 0 Å². The molecule has 0 aliphatic carbocycles. The number of hydrogen-bond donors (Lipinski definition) is 1. The van der Waals surface area contributed by atoms with Crippen LogP contribution in [0.1, 0.15) is 15.2 Å². The molecule has 0 aliphatic rings. The molecule has 1 N–H and O–H groups in total. The number of halogens is 2. The molecule has 25 heavy (non-hydrogen) atoms. The van der Waals surface area contributed by atoms with Gasteiger partial charge in [0.2, 0.25) is 0 Å². The zero-order valence-electron chi connectivity index (χ0n) is 13.0. The van der Waals surface area contributed by atoms with E-state index in [1.54, 1.807) is 18.2 Å². The van der Waals surface area contributed by atoms with E-state index in [4.69, 9.17) is 9.63 Å². The zero-order chi connectivity index (χ0) is 18.2. The second-order valence-corrected chi connectivity index (χ2v) is 8.98. The van der Waals surface area contributed by atoms with Gasteiger partial charge in [-0.05, 0) is 35.7 Å². The number of fused-ring (bicyclic) bond motifs is 1. The van der Waals surface area contributed by atoms with Gasteiger partial charge in [0, 0.05) is 16.9 Å². The van der Waals surface area contributed by atoms with Gasteiger partial charge in [0.1, 0.15) is 10.6 Å². The third-order valence-corrected chi connectivity index (χ3v) is 6.55. The van der Waals surface area contributed by atoms with Gasteiger partial charge in [-0.15, -0.1) is 11.3 Å². The molecule has 0 fully saturated rings. The Morgan fingerprint density at radius 1 is 1.16 bits per heavy atom. The molecule has 0 bridgehead atoms. The lowest BCUT2D eigenvalue weighted by Gasteiger charge is -2.25. The van der Waals surface area contributed by atoms with E-state index >= 15 is 0 Å².